The van der Waals surface area contributed by atoms with E-state index in [-0.39, 0.29) is 0 Å². The number of rotatable bonds is 7. The fourth-order valence-corrected chi connectivity index (χ4v) is 1.59. The Hall–Kier alpha value is -0.870. The van der Waals surface area contributed by atoms with Crippen LogP contribution in [0.25, 0.3) is 0 Å². The Morgan fingerprint density at radius 1 is 1.47 bits per heavy atom. The van der Waals surface area contributed by atoms with Gasteiger partial charge in [-0.05, 0) is 39.7 Å². The Morgan fingerprint density at radius 2 is 2.27 bits per heavy atom. The quantitative estimate of drug-likeness (QED) is 0.665. The lowest BCUT2D eigenvalue weighted by Gasteiger charge is -2.16. The summed E-state index contributed by atoms with van der Waals surface area (Å²) in [5.41, 5.74) is 1.30. The predicted octanol–water partition coefficient (Wildman–Crippen LogP) is 0.504. The van der Waals surface area contributed by atoms with E-state index in [0.717, 1.165) is 26.1 Å². The van der Waals surface area contributed by atoms with E-state index in [1.807, 2.05) is 25.0 Å². The number of hydrogen-bond donors (Lipinski definition) is 1. The van der Waals surface area contributed by atoms with Crippen molar-refractivity contribution < 1.29 is 0 Å². The first-order valence-corrected chi connectivity index (χ1v) is 5.54. The van der Waals surface area contributed by atoms with Crippen molar-refractivity contribution in [1.82, 2.24) is 20.0 Å². The normalized spacial score (nSPS) is 11.2. The molecule has 0 atom stereocenters. The molecule has 4 nitrogen and oxygen atoms in total. The summed E-state index contributed by atoms with van der Waals surface area (Å²) in [6, 6.07) is 2.08. The van der Waals surface area contributed by atoms with Crippen molar-refractivity contribution in [2.24, 2.45) is 7.05 Å². The molecule has 0 aliphatic heterocycles. The van der Waals surface area contributed by atoms with Crippen molar-refractivity contribution in [3.8, 4) is 0 Å². The third kappa shape index (κ3) is 4.44. The van der Waals surface area contributed by atoms with Crippen molar-refractivity contribution in [2.75, 3.05) is 33.7 Å². The van der Waals surface area contributed by atoms with Gasteiger partial charge in [0.2, 0.25) is 0 Å². The highest BCUT2D eigenvalue weighted by molar-refractivity contribution is 5.00. The van der Waals surface area contributed by atoms with E-state index in [9.17, 15) is 0 Å². The molecule has 0 radical (unpaired) electrons. The Balaban J connectivity index is 2.16. The summed E-state index contributed by atoms with van der Waals surface area (Å²) < 4.78 is 1.95. The van der Waals surface area contributed by atoms with E-state index in [0.29, 0.717) is 0 Å². The van der Waals surface area contributed by atoms with Crippen molar-refractivity contribution in [1.29, 1.82) is 0 Å². The van der Waals surface area contributed by atoms with Crippen molar-refractivity contribution in [2.45, 2.75) is 12.8 Å². The summed E-state index contributed by atoms with van der Waals surface area (Å²) in [5.74, 6) is 0. The van der Waals surface area contributed by atoms with Crippen molar-refractivity contribution in [3.63, 3.8) is 0 Å². The molecule has 0 aromatic carbocycles. The third-order valence-electron chi connectivity index (χ3n) is 2.64. The van der Waals surface area contributed by atoms with Gasteiger partial charge in [-0.2, -0.15) is 5.10 Å². The van der Waals surface area contributed by atoms with Gasteiger partial charge in [-0.1, -0.05) is 0 Å². The van der Waals surface area contributed by atoms with Crippen LogP contribution in [0, 0.1) is 0 Å². The minimum absolute atomic E-state index is 1.08. The largest absolute Gasteiger partial charge is 0.320 e. The topological polar surface area (TPSA) is 33.1 Å². The van der Waals surface area contributed by atoms with Crippen LogP contribution >= 0.6 is 0 Å². The lowest BCUT2D eigenvalue weighted by atomic mass is 10.3. The molecule has 0 fully saturated rings. The van der Waals surface area contributed by atoms with Crippen LogP contribution in [-0.2, 0) is 13.5 Å². The second-order valence-electron chi connectivity index (χ2n) is 3.96. The maximum Gasteiger partial charge on any atom is 0.0492 e. The summed E-state index contributed by atoms with van der Waals surface area (Å²) in [7, 11) is 6.16. The summed E-state index contributed by atoms with van der Waals surface area (Å²) >= 11 is 0. The molecule has 86 valence electrons. The summed E-state index contributed by atoms with van der Waals surface area (Å²) in [5, 5.41) is 7.32. The molecule has 0 aliphatic carbocycles. The molecule has 0 unspecified atom stereocenters. The average Bonchev–Trinajstić information content (AvgIpc) is 2.61. The lowest BCUT2D eigenvalue weighted by molar-refractivity contribution is 0.329. The molecule has 15 heavy (non-hydrogen) atoms. The molecule has 1 aromatic rings. The monoisotopic (exact) mass is 210 g/mol. The first-order valence-electron chi connectivity index (χ1n) is 5.54. The number of aromatic nitrogens is 2. The molecule has 4 heteroatoms. The SMILES string of the molecule is CNCCCN(C)CCc1ccnn1C. The fourth-order valence-electron chi connectivity index (χ4n) is 1.59. The van der Waals surface area contributed by atoms with Gasteiger partial charge in [-0.25, -0.2) is 0 Å². The van der Waals surface area contributed by atoms with Gasteiger partial charge < -0.3 is 10.2 Å². The number of nitrogens with one attached hydrogen (secondary N) is 1. The van der Waals surface area contributed by atoms with E-state index in [1.54, 1.807) is 0 Å². The molecule has 0 aliphatic rings. The van der Waals surface area contributed by atoms with Crippen LogP contribution < -0.4 is 5.32 Å². The maximum absolute atomic E-state index is 4.16. The molecule has 0 spiro atoms. The van der Waals surface area contributed by atoms with Gasteiger partial charge in [0.1, 0.15) is 0 Å². The van der Waals surface area contributed by atoms with Gasteiger partial charge in [0, 0.05) is 31.9 Å². The standard InChI is InChI=1S/C11H22N4/c1-12-7-4-9-14(2)10-6-11-5-8-13-15(11)3/h5,8,12H,4,6-7,9-10H2,1-3H3. The van der Waals surface area contributed by atoms with E-state index in [1.165, 1.54) is 12.1 Å². The zero-order valence-corrected chi connectivity index (χ0v) is 10.0. The summed E-state index contributed by atoms with van der Waals surface area (Å²) in [4.78, 5) is 2.37. The van der Waals surface area contributed by atoms with Crippen LogP contribution in [0.1, 0.15) is 12.1 Å². The average molecular weight is 210 g/mol. The Bertz CT molecular complexity index is 269. The van der Waals surface area contributed by atoms with E-state index in [2.05, 4.69) is 28.4 Å². The number of nitrogens with zero attached hydrogens (tertiary/aromatic N) is 3. The molecule has 1 heterocycles. The van der Waals surface area contributed by atoms with E-state index >= 15 is 0 Å². The highest BCUT2D eigenvalue weighted by Crippen LogP contribution is 1.99. The Morgan fingerprint density at radius 3 is 2.87 bits per heavy atom. The first-order chi connectivity index (χ1) is 7.24. The van der Waals surface area contributed by atoms with Crippen molar-refractivity contribution in [3.05, 3.63) is 18.0 Å². The summed E-state index contributed by atoms with van der Waals surface area (Å²) in [6.45, 7) is 3.35. The molecule has 1 N–H and O–H groups in total. The Kier molecular flexibility index (Phi) is 5.36. The highest BCUT2D eigenvalue weighted by Gasteiger charge is 2.01. The zero-order valence-electron chi connectivity index (χ0n) is 10.0. The number of aryl methyl sites for hydroxylation is 1. The second-order valence-corrected chi connectivity index (χ2v) is 3.96. The molecular formula is C11H22N4. The van der Waals surface area contributed by atoms with E-state index < -0.39 is 0 Å². The summed E-state index contributed by atoms with van der Waals surface area (Å²) in [6.07, 6.45) is 4.14. The molecule has 0 saturated heterocycles. The van der Waals surface area contributed by atoms with Crippen LogP contribution in [0.4, 0.5) is 0 Å². The van der Waals surface area contributed by atoms with Gasteiger partial charge in [-0.3, -0.25) is 4.68 Å². The number of likely N-dealkylation sites (N-methyl/N-ethyl adjacent to an activating group) is 1. The third-order valence-corrected chi connectivity index (χ3v) is 2.64. The van der Waals surface area contributed by atoms with Gasteiger partial charge in [0.05, 0.1) is 0 Å². The molecule has 1 rings (SSSR count). The van der Waals surface area contributed by atoms with Gasteiger partial charge >= 0.3 is 0 Å². The number of hydrogen-bond acceptors (Lipinski definition) is 3. The zero-order chi connectivity index (χ0) is 11.1. The molecule has 1 aromatic heterocycles. The van der Waals surface area contributed by atoms with Gasteiger partial charge in [0.25, 0.3) is 0 Å². The molecule has 0 amide bonds. The minimum atomic E-state index is 1.08. The van der Waals surface area contributed by atoms with Crippen LogP contribution in [-0.4, -0.2) is 48.4 Å². The maximum atomic E-state index is 4.16. The first kappa shape index (κ1) is 12.2. The Labute approximate surface area is 92.3 Å². The smallest absolute Gasteiger partial charge is 0.0492 e. The molecule has 0 bridgehead atoms. The van der Waals surface area contributed by atoms with Gasteiger partial charge in [0.15, 0.2) is 0 Å². The van der Waals surface area contributed by atoms with Crippen LogP contribution in [0.2, 0.25) is 0 Å². The second kappa shape index (κ2) is 6.58. The van der Waals surface area contributed by atoms with Crippen LogP contribution in [0.3, 0.4) is 0 Å². The van der Waals surface area contributed by atoms with Gasteiger partial charge in [-0.15, -0.1) is 0 Å². The highest BCUT2D eigenvalue weighted by atomic mass is 15.3. The molecular weight excluding hydrogens is 188 g/mol. The van der Waals surface area contributed by atoms with E-state index in [4.69, 9.17) is 0 Å². The van der Waals surface area contributed by atoms with Crippen LogP contribution in [0.15, 0.2) is 12.3 Å². The molecule has 0 saturated carbocycles. The fraction of sp³-hybridized carbons (Fsp3) is 0.727. The lowest BCUT2D eigenvalue weighted by Crippen LogP contribution is -2.25. The minimum Gasteiger partial charge on any atom is -0.320 e. The predicted molar refractivity (Wildman–Crippen MR) is 63.0 cm³/mol. The van der Waals surface area contributed by atoms with Crippen molar-refractivity contribution >= 4 is 0 Å². The van der Waals surface area contributed by atoms with Crippen LogP contribution in [0.5, 0.6) is 0 Å².